The van der Waals surface area contributed by atoms with E-state index in [1.54, 1.807) is 0 Å². The molecule has 1 atom stereocenters. The van der Waals surface area contributed by atoms with E-state index in [-0.39, 0.29) is 6.10 Å². The molecule has 0 heterocycles. The van der Waals surface area contributed by atoms with E-state index in [0.29, 0.717) is 6.10 Å². The Labute approximate surface area is 83.5 Å². The van der Waals surface area contributed by atoms with E-state index in [0.717, 1.165) is 24.2 Å². The number of rotatable bonds is 2. The Morgan fingerprint density at radius 3 is 2.86 bits per heavy atom. The fraction of sp³-hybridized carbons (Fsp3) is 0.500. The van der Waals surface area contributed by atoms with Crippen molar-refractivity contribution in [1.29, 1.82) is 0 Å². The van der Waals surface area contributed by atoms with Crippen LogP contribution in [0.1, 0.15) is 36.5 Å². The fourth-order valence-corrected chi connectivity index (χ4v) is 2.07. The third-order valence-corrected chi connectivity index (χ3v) is 3.01. The van der Waals surface area contributed by atoms with Crippen molar-refractivity contribution in [3.63, 3.8) is 0 Å². The molecule has 14 heavy (non-hydrogen) atoms. The van der Waals surface area contributed by atoms with Gasteiger partial charge in [-0.3, -0.25) is 0 Å². The number of hydrogen-bond donors (Lipinski definition) is 1. The van der Waals surface area contributed by atoms with Crippen molar-refractivity contribution in [2.75, 3.05) is 0 Å². The minimum atomic E-state index is -0.271. The van der Waals surface area contributed by atoms with Crippen LogP contribution in [0.2, 0.25) is 0 Å². The lowest BCUT2D eigenvalue weighted by molar-refractivity contribution is 0.180. The molecule has 74 valence electrons. The molecule has 0 radical (unpaired) electrons. The highest BCUT2D eigenvalue weighted by molar-refractivity contribution is 5.44. The molecule has 1 saturated carbocycles. The summed E-state index contributed by atoms with van der Waals surface area (Å²) >= 11 is 0. The highest BCUT2D eigenvalue weighted by atomic mass is 16.5. The fourth-order valence-electron chi connectivity index (χ4n) is 2.07. The van der Waals surface area contributed by atoms with Crippen LogP contribution >= 0.6 is 0 Å². The number of aliphatic hydroxyl groups excluding tert-OH is 1. The highest BCUT2D eigenvalue weighted by Gasteiger charge is 2.28. The van der Waals surface area contributed by atoms with E-state index < -0.39 is 0 Å². The molecule has 2 aliphatic carbocycles. The van der Waals surface area contributed by atoms with Gasteiger partial charge in [-0.15, -0.1) is 0 Å². The molecule has 1 N–H and O–H groups in total. The molecular weight excluding hydrogens is 176 g/mol. The Kier molecular flexibility index (Phi) is 1.77. The molecule has 1 aromatic rings. The number of benzene rings is 1. The standard InChI is InChI=1S/C12H14O2/c13-11-7-6-10-9(11)2-1-3-12(10)14-8-4-5-8/h1-3,8,11,13H,4-7H2. The third kappa shape index (κ3) is 1.30. The van der Waals surface area contributed by atoms with Crippen LogP contribution in [-0.2, 0) is 6.42 Å². The summed E-state index contributed by atoms with van der Waals surface area (Å²) in [6.45, 7) is 0. The molecule has 0 aromatic heterocycles. The van der Waals surface area contributed by atoms with Gasteiger partial charge in [-0.05, 0) is 37.3 Å². The topological polar surface area (TPSA) is 29.5 Å². The van der Waals surface area contributed by atoms with Gasteiger partial charge in [0.25, 0.3) is 0 Å². The number of fused-ring (bicyclic) bond motifs is 1. The van der Waals surface area contributed by atoms with E-state index >= 15 is 0 Å². The summed E-state index contributed by atoms with van der Waals surface area (Å²) in [5.41, 5.74) is 2.30. The molecule has 0 aliphatic heterocycles. The quantitative estimate of drug-likeness (QED) is 0.774. The summed E-state index contributed by atoms with van der Waals surface area (Å²) in [4.78, 5) is 0. The van der Waals surface area contributed by atoms with Gasteiger partial charge in [0, 0.05) is 5.56 Å². The van der Waals surface area contributed by atoms with E-state index in [9.17, 15) is 5.11 Å². The first-order chi connectivity index (χ1) is 6.84. The molecule has 1 unspecified atom stereocenters. The summed E-state index contributed by atoms with van der Waals surface area (Å²) in [7, 11) is 0. The molecule has 0 amide bonds. The van der Waals surface area contributed by atoms with Crippen LogP contribution in [0.4, 0.5) is 0 Å². The van der Waals surface area contributed by atoms with Crippen LogP contribution in [0.15, 0.2) is 18.2 Å². The van der Waals surface area contributed by atoms with Gasteiger partial charge in [-0.1, -0.05) is 12.1 Å². The van der Waals surface area contributed by atoms with Crippen molar-refractivity contribution in [3.05, 3.63) is 29.3 Å². The summed E-state index contributed by atoms with van der Waals surface area (Å²) < 4.78 is 5.81. The molecule has 2 aliphatic rings. The first kappa shape index (κ1) is 8.30. The monoisotopic (exact) mass is 190 g/mol. The van der Waals surface area contributed by atoms with Crippen molar-refractivity contribution in [2.24, 2.45) is 0 Å². The average molecular weight is 190 g/mol. The Bertz CT molecular complexity index is 355. The van der Waals surface area contributed by atoms with Crippen molar-refractivity contribution in [1.82, 2.24) is 0 Å². The van der Waals surface area contributed by atoms with Gasteiger partial charge in [0.15, 0.2) is 0 Å². The van der Waals surface area contributed by atoms with Gasteiger partial charge in [-0.25, -0.2) is 0 Å². The maximum Gasteiger partial charge on any atom is 0.123 e. The van der Waals surface area contributed by atoms with Crippen LogP contribution < -0.4 is 4.74 Å². The van der Waals surface area contributed by atoms with Gasteiger partial charge >= 0.3 is 0 Å². The number of aliphatic hydroxyl groups is 1. The first-order valence-corrected chi connectivity index (χ1v) is 5.31. The second-order valence-corrected chi connectivity index (χ2v) is 4.20. The second-order valence-electron chi connectivity index (χ2n) is 4.20. The zero-order valence-electron chi connectivity index (χ0n) is 8.07. The van der Waals surface area contributed by atoms with Crippen molar-refractivity contribution >= 4 is 0 Å². The van der Waals surface area contributed by atoms with Crippen LogP contribution in [0.3, 0.4) is 0 Å². The lowest BCUT2D eigenvalue weighted by Crippen LogP contribution is -1.99. The zero-order valence-corrected chi connectivity index (χ0v) is 8.07. The minimum Gasteiger partial charge on any atom is -0.490 e. The summed E-state index contributed by atoms with van der Waals surface area (Å²) in [6, 6.07) is 6.01. The molecule has 1 aromatic carbocycles. The molecular formula is C12H14O2. The SMILES string of the molecule is OC1CCc2c(OC3CC3)cccc21. The molecule has 0 saturated heterocycles. The highest BCUT2D eigenvalue weighted by Crippen LogP contribution is 2.38. The second kappa shape index (κ2) is 2.99. The first-order valence-electron chi connectivity index (χ1n) is 5.31. The van der Waals surface area contributed by atoms with Gasteiger partial charge in [0.1, 0.15) is 5.75 Å². The molecule has 2 heteroatoms. The van der Waals surface area contributed by atoms with Crippen molar-refractivity contribution in [2.45, 2.75) is 37.9 Å². The number of hydrogen-bond acceptors (Lipinski definition) is 2. The Hall–Kier alpha value is -1.02. The molecule has 0 bridgehead atoms. The normalized spacial score (nSPS) is 24.8. The van der Waals surface area contributed by atoms with Crippen LogP contribution in [0.5, 0.6) is 5.75 Å². The summed E-state index contributed by atoms with van der Waals surface area (Å²) in [5.74, 6) is 1.00. The van der Waals surface area contributed by atoms with E-state index in [1.165, 1.54) is 18.4 Å². The molecule has 0 spiro atoms. The Morgan fingerprint density at radius 1 is 1.21 bits per heavy atom. The predicted molar refractivity (Wildman–Crippen MR) is 53.4 cm³/mol. The number of ether oxygens (including phenoxy) is 1. The Morgan fingerprint density at radius 2 is 2.07 bits per heavy atom. The lowest BCUT2D eigenvalue weighted by Gasteiger charge is -2.10. The van der Waals surface area contributed by atoms with Crippen molar-refractivity contribution < 1.29 is 9.84 Å². The van der Waals surface area contributed by atoms with Gasteiger partial charge in [-0.2, -0.15) is 0 Å². The molecule has 3 rings (SSSR count). The van der Waals surface area contributed by atoms with E-state index in [2.05, 4.69) is 0 Å². The Balaban J connectivity index is 1.95. The minimum absolute atomic E-state index is 0.271. The zero-order chi connectivity index (χ0) is 9.54. The summed E-state index contributed by atoms with van der Waals surface area (Å²) in [5, 5.41) is 9.70. The molecule has 1 fully saturated rings. The van der Waals surface area contributed by atoms with Crippen LogP contribution in [0.25, 0.3) is 0 Å². The van der Waals surface area contributed by atoms with Gasteiger partial charge < -0.3 is 9.84 Å². The van der Waals surface area contributed by atoms with Crippen LogP contribution in [0, 0.1) is 0 Å². The van der Waals surface area contributed by atoms with Gasteiger partial charge in [0.2, 0.25) is 0 Å². The maximum absolute atomic E-state index is 9.70. The third-order valence-electron chi connectivity index (χ3n) is 3.01. The summed E-state index contributed by atoms with van der Waals surface area (Å²) in [6.07, 6.45) is 4.35. The van der Waals surface area contributed by atoms with Crippen LogP contribution in [-0.4, -0.2) is 11.2 Å². The van der Waals surface area contributed by atoms with E-state index in [4.69, 9.17) is 4.74 Å². The smallest absolute Gasteiger partial charge is 0.123 e. The van der Waals surface area contributed by atoms with Gasteiger partial charge in [0.05, 0.1) is 12.2 Å². The lowest BCUT2D eigenvalue weighted by atomic mass is 10.1. The molecule has 2 nitrogen and oxygen atoms in total. The van der Waals surface area contributed by atoms with E-state index in [1.807, 2.05) is 18.2 Å². The largest absolute Gasteiger partial charge is 0.490 e. The average Bonchev–Trinajstić information content (AvgIpc) is 2.92. The predicted octanol–water partition coefficient (Wildman–Crippen LogP) is 2.21. The maximum atomic E-state index is 9.70. The van der Waals surface area contributed by atoms with Crippen molar-refractivity contribution in [3.8, 4) is 5.75 Å².